The number of esters is 2. The Hall–Kier alpha value is -1.92. The number of ether oxygens (including phenoxy) is 3. The van der Waals surface area contributed by atoms with Crippen LogP contribution in [0.4, 0.5) is 0 Å². The van der Waals surface area contributed by atoms with Gasteiger partial charge in [-0.15, -0.1) is 0 Å². The topological polar surface area (TPSA) is 85.4 Å². The van der Waals surface area contributed by atoms with Crippen molar-refractivity contribution in [1.29, 1.82) is 0 Å². The normalized spacial score (nSPS) is 40.1. The average Bonchev–Trinajstić information content (AvgIpc) is 3.12. The monoisotopic (exact) mass is 362 g/mol. The lowest BCUT2D eigenvalue weighted by Gasteiger charge is -2.28. The Morgan fingerprint density at radius 1 is 1.50 bits per heavy atom. The highest BCUT2D eigenvalue weighted by Gasteiger charge is 2.64. The SMILES string of the molecule is C=C1C(=O)OC2C1C(OC(=O)C(C)=CC)CC(C)=CC(O)CC1(C)OC21. The van der Waals surface area contributed by atoms with E-state index in [0.29, 0.717) is 24.0 Å². The van der Waals surface area contributed by atoms with Gasteiger partial charge in [-0.3, -0.25) is 0 Å². The van der Waals surface area contributed by atoms with E-state index >= 15 is 0 Å². The third-order valence-electron chi connectivity index (χ3n) is 5.53. The number of hydrogen-bond donors (Lipinski definition) is 1. The maximum atomic E-state index is 12.4. The molecule has 0 radical (unpaired) electrons. The van der Waals surface area contributed by atoms with E-state index in [0.717, 1.165) is 5.57 Å². The first-order valence-electron chi connectivity index (χ1n) is 8.93. The Kier molecular flexibility index (Phi) is 4.84. The van der Waals surface area contributed by atoms with E-state index in [-0.39, 0.29) is 6.10 Å². The summed E-state index contributed by atoms with van der Waals surface area (Å²) in [5, 5.41) is 10.3. The zero-order valence-corrected chi connectivity index (χ0v) is 15.7. The van der Waals surface area contributed by atoms with Gasteiger partial charge in [0.1, 0.15) is 18.3 Å². The van der Waals surface area contributed by atoms with Crippen LogP contribution in [0.3, 0.4) is 0 Å². The molecule has 2 heterocycles. The second kappa shape index (κ2) is 6.67. The summed E-state index contributed by atoms with van der Waals surface area (Å²) >= 11 is 0. The molecule has 0 aromatic carbocycles. The van der Waals surface area contributed by atoms with Crippen LogP contribution in [-0.4, -0.2) is 47.1 Å². The molecule has 142 valence electrons. The molecular formula is C20H26O6. The van der Waals surface area contributed by atoms with Crippen LogP contribution in [0.1, 0.15) is 40.5 Å². The number of hydrogen-bond acceptors (Lipinski definition) is 6. The maximum absolute atomic E-state index is 12.4. The highest BCUT2D eigenvalue weighted by Crippen LogP contribution is 2.50. The largest absolute Gasteiger partial charge is 0.458 e. The summed E-state index contributed by atoms with van der Waals surface area (Å²) in [6, 6.07) is 0. The van der Waals surface area contributed by atoms with Crippen LogP contribution < -0.4 is 0 Å². The van der Waals surface area contributed by atoms with Gasteiger partial charge in [0.25, 0.3) is 0 Å². The fraction of sp³-hybridized carbons (Fsp3) is 0.600. The lowest BCUT2D eigenvalue weighted by Crippen LogP contribution is -2.39. The van der Waals surface area contributed by atoms with Gasteiger partial charge in [-0.2, -0.15) is 0 Å². The Morgan fingerprint density at radius 2 is 2.19 bits per heavy atom. The summed E-state index contributed by atoms with van der Waals surface area (Å²) in [6.07, 6.45) is 2.05. The Balaban J connectivity index is 1.97. The number of carbonyl (C=O) groups excluding carboxylic acids is 2. The van der Waals surface area contributed by atoms with E-state index in [9.17, 15) is 14.7 Å². The molecule has 0 aromatic heterocycles. The lowest BCUT2D eigenvalue weighted by atomic mass is 9.81. The number of fused-ring (bicyclic) bond motifs is 3. The average molecular weight is 362 g/mol. The molecule has 3 rings (SSSR count). The highest BCUT2D eigenvalue weighted by atomic mass is 16.6. The van der Waals surface area contributed by atoms with Gasteiger partial charge < -0.3 is 19.3 Å². The summed E-state index contributed by atoms with van der Waals surface area (Å²) in [5.74, 6) is -1.39. The highest BCUT2D eigenvalue weighted by molar-refractivity contribution is 5.91. The van der Waals surface area contributed by atoms with Crippen LogP contribution in [0.2, 0.25) is 0 Å². The van der Waals surface area contributed by atoms with Gasteiger partial charge in [-0.05, 0) is 27.7 Å². The molecule has 0 amide bonds. The van der Waals surface area contributed by atoms with Crippen LogP contribution in [0.5, 0.6) is 0 Å². The first kappa shape index (κ1) is 18.9. The fourth-order valence-corrected chi connectivity index (χ4v) is 3.91. The van der Waals surface area contributed by atoms with E-state index in [2.05, 4.69) is 6.58 Å². The molecule has 2 aliphatic heterocycles. The van der Waals surface area contributed by atoms with Gasteiger partial charge in [0.15, 0.2) is 0 Å². The van der Waals surface area contributed by atoms with Gasteiger partial charge in [0.2, 0.25) is 0 Å². The van der Waals surface area contributed by atoms with E-state index in [1.54, 1.807) is 26.0 Å². The molecule has 0 aromatic rings. The minimum absolute atomic E-state index is 0.303. The summed E-state index contributed by atoms with van der Waals surface area (Å²) in [6.45, 7) is 11.1. The smallest absolute Gasteiger partial charge is 0.334 e. The summed E-state index contributed by atoms with van der Waals surface area (Å²) < 4.78 is 17.1. The summed E-state index contributed by atoms with van der Waals surface area (Å²) in [5.41, 5.74) is 1.10. The molecular weight excluding hydrogens is 336 g/mol. The van der Waals surface area contributed by atoms with Crippen LogP contribution in [0, 0.1) is 5.92 Å². The van der Waals surface area contributed by atoms with Gasteiger partial charge in [-0.1, -0.05) is 24.3 Å². The Labute approximate surface area is 153 Å². The van der Waals surface area contributed by atoms with Crippen LogP contribution in [-0.2, 0) is 23.8 Å². The number of aliphatic hydroxyl groups is 1. The molecule has 6 heteroatoms. The summed E-state index contributed by atoms with van der Waals surface area (Å²) in [4.78, 5) is 24.5. The van der Waals surface area contributed by atoms with Crippen molar-refractivity contribution in [2.75, 3.05) is 0 Å². The molecule has 1 N–H and O–H groups in total. The molecule has 2 saturated heterocycles. The molecule has 1 aliphatic carbocycles. The maximum Gasteiger partial charge on any atom is 0.334 e. The zero-order valence-electron chi connectivity index (χ0n) is 15.7. The minimum Gasteiger partial charge on any atom is -0.458 e. The minimum atomic E-state index is -0.671. The first-order chi connectivity index (χ1) is 12.2. The Morgan fingerprint density at radius 3 is 2.85 bits per heavy atom. The molecule has 2 fully saturated rings. The molecule has 0 saturated carbocycles. The molecule has 0 spiro atoms. The number of carbonyl (C=O) groups is 2. The van der Waals surface area contributed by atoms with Crippen molar-refractivity contribution in [2.45, 2.75) is 70.6 Å². The van der Waals surface area contributed by atoms with Crippen molar-refractivity contribution in [1.82, 2.24) is 0 Å². The van der Waals surface area contributed by atoms with Crippen molar-refractivity contribution in [3.05, 3.63) is 35.5 Å². The summed E-state index contributed by atoms with van der Waals surface area (Å²) in [7, 11) is 0. The third-order valence-corrected chi connectivity index (χ3v) is 5.53. The Bertz CT molecular complexity index is 705. The zero-order chi connectivity index (χ0) is 19.2. The molecule has 26 heavy (non-hydrogen) atoms. The van der Waals surface area contributed by atoms with Crippen molar-refractivity contribution in [2.24, 2.45) is 5.92 Å². The molecule has 6 nitrogen and oxygen atoms in total. The predicted molar refractivity (Wildman–Crippen MR) is 94.1 cm³/mol. The predicted octanol–water partition coefficient (Wildman–Crippen LogP) is 2.22. The lowest BCUT2D eigenvalue weighted by molar-refractivity contribution is -0.148. The van der Waals surface area contributed by atoms with E-state index in [1.807, 2.05) is 13.8 Å². The fourth-order valence-electron chi connectivity index (χ4n) is 3.91. The van der Waals surface area contributed by atoms with Crippen LogP contribution in [0.25, 0.3) is 0 Å². The van der Waals surface area contributed by atoms with Crippen molar-refractivity contribution < 1.29 is 28.9 Å². The quantitative estimate of drug-likeness (QED) is 0.351. The third kappa shape index (κ3) is 3.35. The molecule has 6 unspecified atom stereocenters. The molecule has 0 bridgehead atoms. The number of aliphatic hydroxyl groups excluding tert-OH is 1. The van der Waals surface area contributed by atoms with Gasteiger partial charge in [-0.25, -0.2) is 9.59 Å². The second-order valence-electron chi connectivity index (χ2n) is 7.68. The van der Waals surface area contributed by atoms with Crippen molar-refractivity contribution in [3.8, 4) is 0 Å². The molecule has 3 aliphatic rings. The van der Waals surface area contributed by atoms with Crippen molar-refractivity contribution in [3.63, 3.8) is 0 Å². The van der Waals surface area contributed by atoms with Gasteiger partial charge >= 0.3 is 11.9 Å². The van der Waals surface area contributed by atoms with Gasteiger partial charge in [0.05, 0.1) is 17.6 Å². The second-order valence-corrected chi connectivity index (χ2v) is 7.68. The van der Waals surface area contributed by atoms with Crippen molar-refractivity contribution >= 4 is 11.9 Å². The number of rotatable bonds is 2. The van der Waals surface area contributed by atoms with Crippen LogP contribution >= 0.6 is 0 Å². The number of epoxide rings is 1. The van der Waals surface area contributed by atoms with E-state index < -0.39 is 41.8 Å². The number of allylic oxidation sites excluding steroid dienone is 1. The van der Waals surface area contributed by atoms with Crippen LogP contribution in [0.15, 0.2) is 35.5 Å². The van der Waals surface area contributed by atoms with Gasteiger partial charge in [0, 0.05) is 24.0 Å². The van der Waals surface area contributed by atoms with E-state index in [4.69, 9.17) is 14.2 Å². The van der Waals surface area contributed by atoms with E-state index in [1.165, 1.54) is 0 Å². The standard InChI is InChI=1S/C20H26O6/c1-6-11(3)18(22)24-14-8-10(2)7-13(21)9-20(5)17(26-20)16-15(14)12(4)19(23)25-16/h6-7,13-17,21H,4,8-9H2,1-3,5H3. The molecule has 6 atom stereocenters. The first-order valence-corrected chi connectivity index (χ1v) is 8.93.